The van der Waals surface area contributed by atoms with E-state index in [2.05, 4.69) is 5.32 Å². The van der Waals surface area contributed by atoms with Crippen LogP contribution in [-0.2, 0) is 14.3 Å². The summed E-state index contributed by atoms with van der Waals surface area (Å²) in [4.78, 5) is 51.6. The molecule has 0 spiro atoms. The second-order valence-corrected chi connectivity index (χ2v) is 8.88. The number of para-hydroxylation sites is 1. The maximum Gasteiger partial charge on any atom is 0.323 e. The van der Waals surface area contributed by atoms with Crippen molar-refractivity contribution < 1.29 is 23.9 Å². The third-order valence-electron chi connectivity index (χ3n) is 5.89. The van der Waals surface area contributed by atoms with Crippen molar-refractivity contribution in [3.8, 4) is 0 Å². The number of ether oxygens (including phenoxy) is 1. The summed E-state index contributed by atoms with van der Waals surface area (Å²) in [5, 5.41) is 3.42. The second-order valence-electron chi connectivity index (χ2n) is 8.88. The molecule has 0 unspecified atom stereocenters. The first-order chi connectivity index (χ1) is 15.6. The molecule has 3 rings (SSSR count). The van der Waals surface area contributed by atoms with Crippen molar-refractivity contribution in [2.24, 2.45) is 23.3 Å². The third kappa shape index (κ3) is 5.33. The zero-order valence-corrected chi connectivity index (χ0v) is 19.1. The number of nitrogens with two attached hydrogens (primary N) is 2. The summed E-state index contributed by atoms with van der Waals surface area (Å²) in [6.45, 7) is 4.13. The Morgan fingerprint density at radius 2 is 1.91 bits per heavy atom. The summed E-state index contributed by atoms with van der Waals surface area (Å²) in [5.41, 5.74) is 12.5. The Balaban J connectivity index is 1.80. The number of urea groups is 1. The number of carbonyl (C=O) groups excluding carboxylic acids is 4. The van der Waals surface area contributed by atoms with Gasteiger partial charge >= 0.3 is 18.0 Å². The fourth-order valence-corrected chi connectivity index (χ4v) is 4.42. The number of Topliss-reactive ketones (excluding diaryl/α,β-unsaturated/α-hetero) is 1. The van der Waals surface area contributed by atoms with E-state index in [1.807, 2.05) is 13.8 Å². The molecule has 1 aliphatic rings. The predicted molar refractivity (Wildman–Crippen MR) is 124 cm³/mol. The zero-order chi connectivity index (χ0) is 24.3. The molecule has 10 nitrogen and oxygen atoms in total. The van der Waals surface area contributed by atoms with E-state index < -0.39 is 30.0 Å². The number of primary amides is 1. The zero-order valence-electron chi connectivity index (χ0n) is 19.1. The molecule has 1 fully saturated rings. The first-order valence-corrected chi connectivity index (χ1v) is 11.0. The highest BCUT2D eigenvalue weighted by Gasteiger charge is 2.39. The van der Waals surface area contributed by atoms with Gasteiger partial charge in [-0.05, 0) is 24.8 Å². The highest BCUT2D eigenvalue weighted by molar-refractivity contribution is 6.05. The number of amides is 3. The van der Waals surface area contributed by atoms with Crippen LogP contribution in [0.5, 0.6) is 0 Å². The first-order valence-electron chi connectivity index (χ1n) is 11.0. The number of nitrogens with zero attached hydrogens (tertiary/aromatic N) is 2. The monoisotopic (exact) mass is 457 g/mol. The molecule has 1 aromatic carbocycles. The van der Waals surface area contributed by atoms with Gasteiger partial charge in [-0.25, -0.2) is 9.59 Å². The van der Waals surface area contributed by atoms with Gasteiger partial charge in [-0.1, -0.05) is 32.0 Å². The van der Waals surface area contributed by atoms with Gasteiger partial charge in [0.05, 0.1) is 30.3 Å². The summed E-state index contributed by atoms with van der Waals surface area (Å²) in [7, 11) is 1.30. The number of methoxy groups -OCH3 is 1. The van der Waals surface area contributed by atoms with Crippen molar-refractivity contribution >= 4 is 40.4 Å². The Labute approximate surface area is 192 Å². The third-order valence-corrected chi connectivity index (χ3v) is 5.89. The Hall–Kier alpha value is -3.40. The van der Waals surface area contributed by atoms with Gasteiger partial charge in [0.2, 0.25) is 0 Å². The number of fused-ring (bicyclic) bond motifs is 1. The highest BCUT2D eigenvalue weighted by Crippen LogP contribution is 2.28. The number of nitrogens with one attached hydrogen (secondary N) is 1. The first kappa shape index (κ1) is 24.2. The molecule has 5 N–H and O–H groups in total. The number of aromatic nitrogens is 1. The van der Waals surface area contributed by atoms with Gasteiger partial charge in [-0.3, -0.25) is 14.2 Å². The van der Waals surface area contributed by atoms with Gasteiger partial charge < -0.3 is 26.4 Å². The van der Waals surface area contributed by atoms with Gasteiger partial charge in [-0.15, -0.1) is 0 Å². The average Bonchev–Trinajstić information content (AvgIpc) is 3.33. The fraction of sp³-hybridized carbons (Fsp3) is 0.478. The molecule has 3 atom stereocenters. The number of hydrogen-bond acceptors (Lipinski definition) is 6. The van der Waals surface area contributed by atoms with Crippen molar-refractivity contribution in [2.75, 3.05) is 19.0 Å². The van der Waals surface area contributed by atoms with Crippen molar-refractivity contribution in [3.05, 3.63) is 30.5 Å². The van der Waals surface area contributed by atoms with Gasteiger partial charge in [0.25, 0.3) is 0 Å². The minimum atomic E-state index is -0.746. The van der Waals surface area contributed by atoms with Crippen LogP contribution < -0.4 is 16.8 Å². The lowest BCUT2D eigenvalue weighted by Crippen LogP contribution is -2.44. The Morgan fingerprint density at radius 1 is 1.21 bits per heavy atom. The lowest BCUT2D eigenvalue weighted by molar-refractivity contribution is -0.148. The summed E-state index contributed by atoms with van der Waals surface area (Å²) in [6, 6.07) is 4.72. The van der Waals surface area contributed by atoms with E-state index in [0.717, 1.165) is 0 Å². The van der Waals surface area contributed by atoms with Crippen LogP contribution in [0.1, 0.15) is 33.1 Å². The molecule has 0 aliphatic carbocycles. The van der Waals surface area contributed by atoms with Crippen LogP contribution in [0, 0.1) is 11.8 Å². The van der Waals surface area contributed by atoms with Crippen molar-refractivity contribution in [3.63, 3.8) is 0 Å². The highest BCUT2D eigenvalue weighted by atomic mass is 16.5. The van der Waals surface area contributed by atoms with Crippen LogP contribution in [0.25, 0.3) is 10.9 Å². The molecular formula is C23H31N5O5. The predicted octanol–water partition coefficient (Wildman–Crippen LogP) is 2.30. The fourth-order valence-electron chi connectivity index (χ4n) is 4.42. The van der Waals surface area contributed by atoms with Gasteiger partial charge in [-0.2, -0.15) is 0 Å². The smallest absolute Gasteiger partial charge is 0.323 e. The van der Waals surface area contributed by atoms with Crippen molar-refractivity contribution in [2.45, 2.75) is 45.2 Å². The number of ketones is 1. The van der Waals surface area contributed by atoms with Crippen molar-refractivity contribution in [1.82, 2.24) is 9.47 Å². The molecule has 1 saturated heterocycles. The number of hydrogen-bond donors (Lipinski definition) is 3. The average molecular weight is 458 g/mol. The standard InChI is InChI=1S/C23H31N5O5/c1-13(2)8-14(21(30)33-3)9-20(29)19-10-15(24)11-28(19)23(32)26-17-12-27(22(25)31)18-7-5-4-6-16(17)18/h4-7,12-15,19H,8-11,24H2,1-3H3,(H2,25,31)(H,26,32)/t14-,15+,19+/m1/s1. The molecule has 2 aromatic rings. The number of anilines is 1. The molecule has 178 valence electrons. The number of carbonyl (C=O) groups is 4. The Bertz CT molecular complexity index is 1060. The van der Waals surface area contributed by atoms with E-state index in [9.17, 15) is 19.2 Å². The van der Waals surface area contributed by atoms with Crippen LogP contribution in [0.3, 0.4) is 0 Å². The molecule has 2 heterocycles. The Morgan fingerprint density at radius 3 is 2.55 bits per heavy atom. The van der Waals surface area contributed by atoms with Gasteiger partial charge in [0, 0.05) is 30.6 Å². The van der Waals surface area contributed by atoms with Crippen LogP contribution in [0.4, 0.5) is 15.3 Å². The van der Waals surface area contributed by atoms with E-state index in [-0.39, 0.29) is 30.7 Å². The summed E-state index contributed by atoms with van der Waals surface area (Å²) >= 11 is 0. The van der Waals surface area contributed by atoms with Gasteiger partial charge in [0.1, 0.15) is 0 Å². The Kier molecular flexibility index (Phi) is 7.37. The number of rotatable bonds is 7. The molecule has 1 aromatic heterocycles. The normalized spacial score (nSPS) is 19.0. The van der Waals surface area contributed by atoms with E-state index in [1.54, 1.807) is 24.3 Å². The topological polar surface area (TPSA) is 150 Å². The summed E-state index contributed by atoms with van der Waals surface area (Å²) in [6.07, 6.45) is 2.25. The summed E-state index contributed by atoms with van der Waals surface area (Å²) < 4.78 is 6.11. The number of esters is 1. The van der Waals surface area contributed by atoms with E-state index >= 15 is 0 Å². The molecule has 0 bridgehead atoms. The summed E-state index contributed by atoms with van der Waals surface area (Å²) in [5.74, 6) is -1.03. The van der Waals surface area contributed by atoms with Crippen LogP contribution in [0.15, 0.2) is 30.5 Å². The lowest BCUT2D eigenvalue weighted by Gasteiger charge is -2.25. The van der Waals surface area contributed by atoms with E-state index in [1.165, 1.54) is 22.8 Å². The van der Waals surface area contributed by atoms with Crippen LogP contribution >= 0.6 is 0 Å². The molecule has 33 heavy (non-hydrogen) atoms. The van der Waals surface area contributed by atoms with Crippen LogP contribution in [-0.4, -0.2) is 59.0 Å². The number of likely N-dealkylation sites (tertiary alicyclic amines) is 1. The quantitative estimate of drug-likeness (QED) is 0.543. The minimum absolute atomic E-state index is 0.0208. The maximum atomic E-state index is 13.1. The molecule has 3 amide bonds. The SMILES string of the molecule is COC(=O)[C@@H](CC(=O)[C@@H]1C[C@H](N)CN1C(=O)Nc1cn(C(N)=O)c2ccccc12)CC(C)C. The minimum Gasteiger partial charge on any atom is -0.469 e. The van der Waals surface area contributed by atoms with E-state index in [4.69, 9.17) is 16.2 Å². The molecule has 1 aliphatic heterocycles. The van der Waals surface area contributed by atoms with Crippen molar-refractivity contribution in [1.29, 1.82) is 0 Å². The molecule has 0 radical (unpaired) electrons. The lowest BCUT2D eigenvalue weighted by atomic mass is 9.90. The largest absolute Gasteiger partial charge is 0.469 e. The van der Waals surface area contributed by atoms with Crippen LogP contribution in [0.2, 0.25) is 0 Å². The number of benzene rings is 1. The van der Waals surface area contributed by atoms with E-state index in [0.29, 0.717) is 29.4 Å². The molecular weight excluding hydrogens is 426 g/mol. The molecule has 10 heteroatoms. The second kappa shape index (κ2) is 10.0. The van der Waals surface area contributed by atoms with Gasteiger partial charge in [0.15, 0.2) is 5.78 Å². The molecule has 0 saturated carbocycles. The maximum absolute atomic E-state index is 13.1.